The van der Waals surface area contributed by atoms with Crippen LogP contribution in [0.5, 0.6) is 0 Å². The minimum atomic E-state index is -3.70. The van der Waals surface area contributed by atoms with Crippen molar-refractivity contribution in [2.75, 3.05) is 6.54 Å². The van der Waals surface area contributed by atoms with Crippen molar-refractivity contribution in [1.82, 2.24) is 8.87 Å². The van der Waals surface area contributed by atoms with Crippen molar-refractivity contribution < 1.29 is 18.3 Å². The molecule has 0 radical (unpaired) electrons. The van der Waals surface area contributed by atoms with Gasteiger partial charge in [0.15, 0.2) is 0 Å². The smallest absolute Gasteiger partial charge is 0.322 e. The molecule has 1 aromatic heterocycles. The molecule has 17 heavy (non-hydrogen) atoms. The molecule has 0 aliphatic carbocycles. The first kappa shape index (κ1) is 12.1. The lowest BCUT2D eigenvalue weighted by Gasteiger charge is -2.20. The molecule has 0 amide bonds. The molecule has 0 spiro atoms. The van der Waals surface area contributed by atoms with Crippen molar-refractivity contribution in [2.24, 2.45) is 7.05 Å². The van der Waals surface area contributed by atoms with Gasteiger partial charge in [0.25, 0.3) is 10.0 Å². The Hall–Kier alpha value is -1.34. The van der Waals surface area contributed by atoms with Crippen LogP contribution >= 0.6 is 0 Å². The predicted molar refractivity (Wildman–Crippen MR) is 60.0 cm³/mol. The highest BCUT2D eigenvalue weighted by atomic mass is 32.2. The molecule has 1 N–H and O–H groups in total. The maximum Gasteiger partial charge on any atom is 0.322 e. The third kappa shape index (κ3) is 1.96. The van der Waals surface area contributed by atoms with Crippen molar-refractivity contribution in [3.05, 3.63) is 18.3 Å². The molecule has 1 aromatic rings. The second-order valence-corrected chi connectivity index (χ2v) is 5.91. The molecule has 0 aromatic carbocycles. The van der Waals surface area contributed by atoms with E-state index in [9.17, 15) is 13.2 Å². The highest BCUT2D eigenvalue weighted by Gasteiger charge is 2.40. The summed E-state index contributed by atoms with van der Waals surface area (Å²) in [5.74, 6) is -1.08. The molecule has 0 bridgehead atoms. The van der Waals surface area contributed by atoms with Crippen LogP contribution in [0.15, 0.2) is 23.4 Å². The van der Waals surface area contributed by atoms with Crippen molar-refractivity contribution in [3.8, 4) is 0 Å². The van der Waals surface area contributed by atoms with Gasteiger partial charge in [0.2, 0.25) is 0 Å². The number of carbonyl (C=O) groups is 1. The summed E-state index contributed by atoms with van der Waals surface area (Å²) in [4.78, 5) is 11.0. The first-order valence-electron chi connectivity index (χ1n) is 5.30. The summed E-state index contributed by atoms with van der Waals surface area (Å²) in [6, 6.07) is 2.17. The van der Waals surface area contributed by atoms with Crippen LogP contribution in [0, 0.1) is 0 Å². The van der Waals surface area contributed by atoms with E-state index >= 15 is 0 Å². The Labute approximate surface area is 99.5 Å². The minimum Gasteiger partial charge on any atom is -0.480 e. The lowest BCUT2D eigenvalue weighted by molar-refractivity contribution is -0.140. The fourth-order valence-corrected chi connectivity index (χ4v) is 3.92. The SMILES string of the molecule is Cn1cccc1S(=O)(=O)N1CCC[C@@H]1C(=O)O. The summed E-state index contributed by atoms with van der Waals surface area (Å²) in [5, 5.41) is 9.13. The van der Waals surface area contributed by atoms with E-state index in [4.69, 9.17) is 5.11 Å². The molecular formula is C10H14N2O4S. The van der Waals surface area contributed by atoms with Gasteiger partial charge in [0, 0.05) is 19.8 Å². The number of hydrogen-bond donors (Lipinski definition) is 1. The van der Waals surface area contributed by atoms with Gasteiger partial charge in [-0.1, -0.05) is 0 Å². The van der Waals surface area contributed by atoms with Crippen molar-refractivity contribution in [3.63, 3.8) is 0 Å². The molecule has 1 atom stereocenters. The Balaban J connectivity index is 2.40. The molecule has 94 valence electrons. The largest absolute Gasteiger partial charge is 0.480 e. The number of rotatable bonds is 3. The maximum absolute atomic E-state index is 12.3. The standard InChI is InChI=1S/C10H14N2O4S/c1-11-6-3-5-9(11)17(15,16)12-7-2-4-8(12)10(13)14/h3,5-6,8H,2,4,7H2,1H3,(H,13,14)/t8-/m1/s1. The maximum atomic E-state index is 12.3. The Morgan fingerprint density at radius 3 is 2.76 bits per heavy atom. The van der Waals surface area contributed by atoms with Crippen LogP contribution in [-0.4, -0.2) is 41.0 Å². The Bertz CT molecular complexity index is 534. The summed E-state index contributed by atoms with van der Waals surface area (Å²) in [6.45, 7) is 0.268. The monoisotopic (exact) mass is 258 g/mol. The third-order valence-corrected chi connectivity index (χ3v) is 4.97. The topological polar surface area (TPSA) is 79.6 Å². The number of aliphatic carboxylic acids is 1. The molecule has 0 saturated carbocycles. The van der Waals surface area contributed by atoms with Crippen LogP contribution in [-0.2, 0) is 21.9 Å². The molecular weight excluding hydrogens is 244 g/mol. The number of nitrogens with zero attached hydrogens (tertiary/aromatic N) is 2. The molecule has 0 unspecified atom stereocenters. The molecule has 1 saturated heterocycles. The lowest BCUT2D eigenvalue weighted by atomic mass is 10.2. The molecule has 1 aliphatic rings. The zero-order valence-electron chi connectivity index (χ0n) is 9.41. The summed E-state index contributed by atoms with van der Waals surface area (Å²) in [7, 11) is -2.08. The Kier molecular flexibility index (Phi) is 2.96. The van der Waals surface area contributed by atoms with Gasteiger partial charge in [-0.15, -0.1) is 0 Å². The number of carboxylic acid groups (broad SMARTS) is 1. The summed E-state index contributed by atoms with van der Waals surface area (Å²) in [5.41, 5.74) is 0. The summed E-state index contributed by atoms with van der Waals surface area (Å²) in [6.07, 6.45) is 2.58. The average Bonchev–Trinajstić information content (AvgIpc) is 2.84. The molecule has 7 heteroatoms. The van der Waals surface area contributed by atoms with E-state index < -0.39 is 22.0 Å². The van der Waals surface area contributed by atoms with Crippen LogP contribution < -0.4 is 0 Å². The zero-order valence-corrected chi connectivity index (χ0v) is 10.2. The van der Waals surface area contributed by atoms with Gasteiger partial charge in [-0.25, -0.2) is 8.42 Å². The Morgan fingerprint density at radius 2 is 2.24 bits per heavy atom. The second-order valence-electron chi connectivity index (χ2n) is 4.07. The van der Waals surface area contributed by atoms with E-state index in [2.05, 4.69) is 0 Å². The number of aryl methyl sites for hydroxylation is 1. The summed E-state index contributed by atoms with van der Waals surface area (Å²) >= 11 is 0. The van der Waals surface area contributed by atoms with Crippen LogP contribution in [0.4, 0.5) is 0 Å². The number of hydrogen-bond acceptors (Lipinski definition) is 3. The highest BCUT2D eigenvalue weighted by Crippen LogP contribution is 2.26. The molecule has 1 fully saturated rings. The van der Waals surface area contributed by atoms with Gasteiger partial charge in [-0.3, -0.25) is 4.79 Å². The van der Waals surface area contributed by atoms with Gasteiger partial charge >= 0.3 is 5.97 Å². The van der Waals surface area contributed by atoms with Gasteiger partial charge in [-0.05, 0) is 25.0 Å². The number of sulfonamides is 1. The van der Waals surface area contributed by atoms with Gasteiger partial charge in [0.05, 0.1) is 0 Å². The lowest BCUT2D eigenvalue weighted by Crippen LogP contribution is -2.40. The fourth-order valence-electron chi connectivity index (χ4n) is 2.11. The van der Waals surface area contributed by atoms with E-state index in [0.717, 1.165) is 4.31 Å². The predicted octanol–water partition coefficient (Wildman–Crippen LogP) is 0.263. The number of carboxylic acids is 1. The van der Waals surface area contributed by atoms with Gasteiger partial charge in [-0.2, -0.15) is 4.31 Å². The minimum absolute atomic E-state index is 0.130. The summed E-state index contributed by atoms with van der Waals surface area (Å²) < 4.78 is 27.1. The van der Waals surface area contributed by atoms with E-state index in [-0.39, 0.29) is 11.6 Å². The first-order chi connectivity index (χ1) is 7.94. The van der Waals surface area contributed by atoms with E-state index in [1.54, 1.807) is 19.3 Å². The third-order valence-electron chi connectivity index (χ3n) is 2.96. The molecule has 6 nitrogen and oxygen atoms in total. The van der Waals surface area contributed by atoms with E-state index in [0.29, 0.717) is 12.8 Å². The molecule has 2 heterocycles. The van der Waals surface area contributed by atoms with Gasteiger partial charge in [0.1, 0.15) is 11.1 Å². The van der Waals surface area contributed by atoms with Crippen LogP contribution in [0.25, 0.3) is 0 Å². The van der Waals surface area contributed by atoms with Crippen LogP contribution in [0.3, 0.4) is 0 Å². The van der Waals surface area contributed by atoms with E-state index in [1.165, 1.54) is 10.6 Å². The van der Waals surface area contributed by atoms with Crippen molar-refractivity contribution in [2.45, 2.75) is 23.9 Å². The quantitative estimate of drug-likeness (QED) is 0.843. The van der Waals surface area contributed by atoms with Crippen LogP contribution in [0.1, 0.15) is 12.8 Å². The van der Waals surface area contributed by atoms with E-state index in [1.807, 2.05) is 0 Å². The van der Waals surface area contributed by atoms with Crippen molar-refractivity contribution >= 4 is 16.0 Å². The van der Waals surface area contributed by atoms with Crippen LogP contribution in [0.2, 0.25) is 0 Å². The number of aromatic nitrogens is 1. The fraction of sp³-hybridized carbons (Fsp3) is 0.500. The van der Waals surface area contributed by atoms with Gasteiger partial charge < -0.3 is 9.67 Å². The Morgan fingerprint density at radius 1 is 1.53 bits per heavy atom. The zero-order chi connectivity index (χ0) is 12.6. The first-order valence-corrected chi connectivity index (χ1v) is 6.74. The molecule has 1 aliphatic heterocycles. The van der Waals surface area contributed by atoms with Crippen molar-refractivity contribution in [1.29, 1.82) is 0 Å². The second kappa shape index (κ2) is 4.15. The average molecular weight is 258 g/mol. The molecule has 2 rings (SSSR count). The highest BCUT2D eigenvalue weighted by molar-refractivity contribution is 7.89. The normalized spacial score (nSPS) is 21.8.